The van der Waals surface area contributed by atoms with Crippen molar-refractivity contribution in [3.8, 4) is 0 Å². The molecule has 2 nitrogen and oxygen atoms in total. The van der Waals surface area contributed by atoms with Gasteiger partial charge >= 0.3 is 0 Å². The summed E-state index contributed by atoms with van der Waals surface area (Å²) in [4.78, 5) is 0. The average molecular weight is 247 g/mol. The van der Waals surface area contributed by atoms with Gasteiger partial charge in [0.25, 0.3) is 0 Å². The molecule has 0 saturated heterocycles. The van der Waals surface area contributed by atoms with E-state index in [9.17, 15) is 0 Å². The zero-order valence-corrected chi connectivity index (χ0v) is 11.4. The van der Waals surface area contributed by atoms with Crippen LogP contribution in [0.15, 0.2) is 24.3 Å². The fourth-order valence-corrected chi connectivity index (χ4v) is 3.06. The van der Waals surface area contributed by atoms with E-state index in [0.717, 1.165) is 19.4 Å². The van der Waals surface area contributed by atoms with Crippen molar-refractivity contribution in [2.24, 2.45) is 5.73 Å². The standard InChI is InChI=1S/C16H25NO/c1-18-12-5-4-11-16(17)15-10-6-8-13-7-2-3-9-14(13)15/h2-3,7,9,15-16H,4-6,8,10-12,17H2,1H3. The lowest BCUT2D eigenvalue weighted by Gasteiger charge is -2.30. The molecule has 2 N–H and O–H groups in total. The molecule has 1 aliphatic carbocycles. The molecule has 0 bridgehead atoms. The molecule has 2 atom stereocenters. The van der Waals surface area contributed by atoms with Crippen LogP contribution >= 0.6 is 0 Å². The molecule has 2 rings (SSSR count). The van der Waals surface area contributed by atoms with Gasteiger partial charge in [0.1, 0.15) is 0 Å². The Morgan fingerprint density at radius 3 is 3.00 bits per heavy atom. The quantitative estimate of drug-likeness (QED) is 0.783. The minimum absolute atomic E-state index is 0.309. The molecule has 0 fully saturated rings. The molecule has 0 saturated carbocycles. The lowest BCUT2D eigenvalue weighted by Crippen LogP contribution is -2.31. The Kier molecular flexibility index (Phi) is 5.21. The molecule has 1 aromatic carbocycles. The second-order valence-electron chi connectivity index (χ2n) is 5.35. The smallest absolute Gasteiger partial charge is 0.0462 e. The molecular formula is C16H25NO. The molecular weight excluding hydrogens is 222 g/mol. The fraction of sp³-hybridized carbons (Fsp3) is 0.625. The third-order valence-corrected chi connectivity index (χ3v) is 4.07. The fourth-order valence-electron chi connectivity index (χ4n) is 3.06. The summed E-state index contributed by atoms with van der Waals surface area (Å²) >= 11 is 0. The molecule has 1 aliphatic rings. The maximum absolute atomic E-state index is 6.40. The number of rotatable bonds is 6. The van der Waals surface area contributed by atoms with Gasteiger partial charge in [-0.25, -0.2) is 0 Å². The number of aryl methyl sites for hydroxylation is 1. The molecule has 2 heteroatoms. The molecule has 0 radical (unpaired) electrons. The number of methoxy groups -OCH3 is 1. The first-order chi connectivity index (χ1) is 8.83. The zero-order valence-electron chi connectivity index (χ0n) is 11.4. The van der Waals surface area contributed by atoms with Gasteiger partial charge in [0.2, 0.25) is 0 Å². The van der Waals surface area contributed by atoms with Gasteiger partial charge < -0.3 is 10.5 Å². The van der Waals surface area contributed by atoms with E-state index in [2.05, 4.69) is 24.3 Å². The van der Waals surface area contributed by atoms with Crippen LogP contribution < -0.4 is 5.73 Å². The number of nitrogens with two attached hydrogens (primary N) is 1. The van der Waals surface area contributed by atoms with Crippen molar-refractivity contribution in [1.82, 2.24) is 0 Å². The minimum atomic E-state index is 0.309. The van der Waals surface area contributed by atoms with E-state index < -0.39 is 0 Å². The molecule has 0 aliphatic heterocycles. The van der Waals surface area contributed by atoms with Crippen molar-refractivity contribution in [3.63, 3.8) is 0 Å². The van der Waals surface area contributed by atoms with Crippen molar-refractivity contribution in [2.75, 3.05) is 13.7 Å². The van der Waals surface area contributed by atoms with Crippen LogP contribution in [0.2, 0.25) is 0 Å². The lowest BCUT2D eigenvalue weighted by molar-refractivity contribution is 0.191. The molecule has 100 valence electrons. The van der Waals surface area contributed by atoms with Crippen LogP contribution in [-0.4, -0.2) is 19.8 Å². The highest BCUT2D eigenvalue weighted by Gasteiger charge is 2.24. The van der Waals surface area contributed by atoms with Gasteiger partial charge in [-0.3, -0.25) is 0 Å². The number of benzene rings is 1. The first-order valence-electron chi connectivity index (χ1n) is 7.15. The van der Waals surface area contributed by atoms with Crippen LogP contribution in [0.4, 0.5) is 0 Å². The summed E-state index contributed by atoms with van der Waals surface area (Å²) in [6.45, 7) is 0.855. The summed E-state index contributed by atoms with van der Waals surface area (Å²) in [5, 5.41) is 0. The van der Waals surface area contributed by atoms with Crippen molar-refractivity contribution in [1.29, 1.82) is 0 Å². The summed E-state index contributed by atoms with van der Waals surface area (Å²) < 4.78 is 5.08. The Balaban J connectivity index is 1.93. The lowest BCUT2D eigenvalue weighted by atomic mass is 9.78. The highest BCUT2D eigenvalue weighted by Crippen LogP contribution is 2.34. The Labute approximate surface area is 111 Å². The minimum Gasteiger partial charge on any atom is -0.385 e. The average Bonchev–Trinajstić information content (AvgIpc) is 2.43. The molecule has 0 aromatic heterocycles. The molecule has 0 spiro atoms. The first-order valence-corrected chi connectivity index (χ1v) is 7.15. The van der Waals surface area contributed by atoms with Crippen LogP contribution in [0.3, 0.4) is 0 Å². The normalized spacial score (nSPS) is 20.4. The number of ether oxygens (including phenoxy) is 1. The van der Waals surface area contributed by atoms with Gasteiger partial charge in [0, 0.05) is 19.8 Å². The maximum atomic E-state index is 6.40. The van der Waals surface area contributed by atoms with Crippen molar-refractivity contribution < 1.29 is 4.74 Å². The van der Waals surface area contributed by atoms with Gasteiger partial charge in [-0.1, -0.05) is 24.3 Å². The summed E-state index contributed by atoms with van der Waals surface area (Å²) in [5.74, 6) is 0.567. The van der Waals surface area contributed by atoms with Crippen molar-refractivity contribution in [3.05, 3.63) is 35.4 Å². The van der Waals surface area contributed by atoms with E-state index in [-0.39, 0.29) is 0 Å². The van der Waals surface area contributed by atoms with Crippen LogP contribution in [0, 0.1) is 0 Å². The number of unbranched alkanes of at least 4 members (excludes halogenated alkanes) is 1. The Morgan fingerprint density at radius 1 is 1.33 bits per heavy atom. The Morgan fingerprint density at radius 2 is 2.17 bits per heavy atom. The molecule has 0 heterocycles. The second kappa shape index (κ2) is 6.91. The summed E-state index contributed by atoms with van der Waals surface area (Å²) in [5.41, 5.74) is 9.42. The van der Waals surface area contributed by atoms with E-state index in [4.69, 9.17) is 10.5 Å². The van der Waals surface area contributed by atoms with E-state index in [1.807, 2.05) is 0 Å². The second-order valence-corrected chi connectivity index (χ2v) is 5.35. The monoisotopic (exact) mass is 247 g/mol. The first kappa shape index (κ1) is 13.6. The summed E-state index contributed by atoms with van der Waals surface area (Å²) in [7, 11) is 1.76. The summed E-state index contributed by atoms with van der Waals surface area (Å²) in [6.07, 6.45) is 7.17. The van der Waals surface area contributed by atoms with Crippen LogP contribution in [-0.2, 0) is 11.2 Å². The highest BCUT2D eigenvalue weighted by atomic mass is 16.5. The third-order valence-electron chi connectivity index (χ3n) is 4.07. The summed E-state index contributed by atoms with van der Waals surface area (Å²) in [6, 6.07) is 9.14. The van der Waals surface area contributed by atoms with Gasteiger partial charge in [-0.15, -0.1) is 0 Å². The van der Waals surface area contributed by atoms with Gasteiger partial charge in [0.05, 0.1) is 0 Å². The van der Waals surface area contributed by atoms with Gasteiger partial charge in [-0.2, -0.15) is 0 Å². The zero-order chi connectivity index (χ0) is 12.8. The van der Waals surface area contributed by atoms with Gasteiger partial charge in [-0.05, 0) is 55.6 Å². The SMILES string of the molecule is COCCCCC(N)C1CCCc2ccccc21. The van der Waals surface area contributed by atoms with Crippen LogP contribution in [0.1, 0.15) is 49.1 Å². The number of hydrogen-bond donors (Lipinski definition) is 1. The topological polar surface area (TPSA) is 35.2 Å². The predicted octanol–water partition coefficient (Wildman–Crippen LogP) is 3.25. The van der Waals surface area contributed by atoms with Crippen LogP contribution in [0.25, 0.3) is 0 Å². The molecule has 1 aromatic rings. The Bertz CT molecular complexity index is 364. The van der Waals surface area contributed by atoms with E-state index in [1.54, 1.807) is 7.11 Å². The highest BCUT2D eigenvalue weighted by molar-refractivity contribution is 5.33. The third kappa shape index (κ3) is 3.33. The maximum Gasteiger partial charge on any atom is 0.0462 e. The predicted molar refractivity (Wildman–Crippen MR) is 75.8 cm³/mol. The van der Waals surface area contributed by atoms with Crippen molar-refractivity contribution in [2.45, 2.75) is 50.5 Å². The number of fused-ring (bicyclic) bond motifs is 1. The van der Waals surface area contributed by atoms with Crippen LogP contribution in [0.5, 0.6) is 0 Å². The largest absolute Gasteiger partial charge is 0.385 e. The van der Waals surface area contributed by atoms with Gasteiger partial charge in [0.15, 0.2) is 0 Å². The van der Waals surface area contributed by atoms with E-state index in [1.165, 1.54) is 36.8 Å². The molecule has 2 unspecified atom stereocenters. The molecule has 18 heavy (non-hydrogen) atoms. The molecule has 0 amide bonds. The van der Waals surface area contributed by atoms with E-state index in [0.29, 0.717) is 12.0 Å². The van der Waals surface area contributed by atoms with Crippen molar-refractivity contribution >= 4 is 0 Å². The Hall–Kier alpha value is -0.860. The van der Waals surface area contributed by atoms with E-state index >= 15 is 0 Å². The number of hydrogen-bond acceptors (Lipinski definition) is 2.